The smallest absolute Gasteiger partial charge is 0.303 e. The fourth-order valence-corrected chi connectivity index (χ4v) is 2.72. The molecule has 0 saturated carbocycles. The number of carbonyl (C=O) groups is 1. The van der Waals surface area contributed by atoms with Gasteiger partial charge in [0.05, 0.1) is 12.8 Å². The zero-order valence-electron chi connectivity index (χ0n) is 12.4. The number of aryl methyl sites for hydroxylation is 1. The topological polar surface area (TPSA) is 64.3 Å². The lowest BCUT2D eigenvalue weighted by Crippen LogP contribution is -2.10. The summed E-state index contributed by atoms with van der Waals surface area (Å²) in [4.78, 5) is 10.6. The summed E-state index contributed by atoms with van der Waals surface area (Å²) in [7, 11) is 0. The maximum atomic E-state index is 10.6. The van der Waals surface area contributed by atoms with Crippen LogP contribution in [-0.4, -0.2) is 34.1 Å². The van der Waals surface area contributed by atoms with E-state index in [1.165, 1.54) is 0 Å². The van der Waals surface area contributed by atoms with Gasteiger partial charge in [-0.15, -0.1) is 0 Å². The van der Waals surface area contributed by atoms with Crippen LogP contribution >= 0.6 is 0 Å². The van der Waals surface area contributed by atoms with Crippen molar-refractivity contribution in [1.29, 1.82) is 0 Å². The molecule has 2 heterocycles. The Morgan fingerprint density at radius 3 is 2.82 bits per heavy atom. The predicted octanol–water partition coefficient (Wildman–Crippen LogP) is 2.60. The molecule has 5 nitrogen and oxygen atoms in total. The molecule has 1 aliphatic rings. The molecule has 1 aromatic heterocycles. The molecule has 2 aromatic rings. The van der Waals surface area contributed by atoms with Crippen LogP contribution in [-0.2, 0) is 22.5 Å². The molecule has 1 N–H and O–H groups in total. The molecule has 0 spiro atoms. The van der Waals surface area contributed by atoms with E-state index in [0.29, 0.717) is 12.3 Å². The molecule has 1 fully saturated rings. The molecule has 5 heteroatoms. The fraction of sp³-hybridized carbons (Fsp3) is 0.412. The predicted molar refractivity (Wildman–Crippen MR) is 82.5 cm³/mol. The van der Waals surface area contributed by atoms with E-state index in [1.54, 1.807) is 0 Å². The lowest BCUT2D eigenvalue weighted by molar-refractivity contribution is -0.136. The van der Waals surface area contributed by atoms with Gasteiger partial charge in [0.2, 0.25) is 0 Å². The van der Waals surface area contributed by atoms with E-state index in [1.807, 2.05) is 35.1 Å². The Balaban J connectivity index is 1.63. The molecule has 1 aliphatic heterocycles. The number of carboxylic acids is 1. The van der Waals surface area contributed by atoms with E-state index in [0.717, 1.165) is 42.9 Å². The molecule has 0 aliphatic carbocycles. The molecule has 22 heavy (non-hydrogen) atoms. The van der Waals surface area contributed by atoms with Crippen LogP contribution in [0.25, 0.3) is 11.1 Å². The number of aromatic nitrogens is 2. The molecule has 1 unspecified atom stereocenters. The van der Waals surface area contributed by atoms with Gasteiger partial charge in [0.1, 0.15) is 0 Å². The minimum atomic E-state index is -0.763. The van der Waals surface area contributed by atoms with Crippen LogP contribution in [0.1, 0.15) is 18.4 Å². The summed E-state index contributed by atoms with van der Waals surface area (Å²) in [6.07, 6.45) is 5.78. The number of benzene rings is 1. The lowest BCUT2D eigenvalue weighted by atomic mass is 10.0. The van der Waals surface area contributed by atoms with E-state index >= 15 is 0 Å². The van der Waals surface area contributed by atoms with Gasteiger partial charge in [-0.3, -0.25) is 9.48 Å². The normalized spacial score (nSPS) is 17.7. The van der Waals surface area contributed by atoms with E-state index in [2.05, 4.69) is 11.3 Å². The largest absolute Gasteiger partial charge is 0.481 e. The van der Waals surface area contributed by atoms with Crippen molar-refractivity contribution < 1.29 is 14.6 Å². The standard InChI is InChI=1S/C17H20N2O3/c20-17(21)6-3-13-1-4-15(5-2-13)16-9-18-19(11-16)10-14-7-8-22-12-14/h1-2,4-5,9,11,14H,3,6-8,10,12H2,(H,20,21). The van der Waals surface area contributed by atoms with Crippen molar-refractivity contribution in [2.45, 2.75) is 25.8 Å². The maximum absolute atomic E-state index is 10.6. The first-order valence-electron chi connectivity index (χ1n) is 7.62. The second kappa shape index (κ2) is 6.75. The number of hydrogen-bond acceptors (Lipinski definition) is 3. The molecular formula is C17H20N2O3. The summed E-state index contributed by atoms with van der Waals surface area (Å²) in [6, 6.07) is 8.02. The molecule has 116 valence electrons. The summed E-state index contributed by atoms with van der Waals surface area (Å²) in [6.45, 7) is 2.58. The Kier molecular flexibility index (Phi) is 4.53. The van der Waals surface area contributed by atoms with Crippen molar-refractivity contribution in [3.05, 3.63) is 42.2 Å². The molecule has 3 rings (SSSR count). The highest BCUT2D eigenvalue weighted by molar-refractivity contribution is 5.67. The highest BCUT2D eigenvalue weighted by Gasteiger charge is 2.16. The summed E-state index contributed by atoms with van der Waals surface area (Å²) in [5.41, 5.74) is 3.23. The zero-order chi connectivity index (χ0) is 15.4. The van der Waals surface area contributed by atoms with Gasteiger partial charge < -0.3 is 9.84 Å². The third-order valence-corrected chi connectivity index (χ3v) is 4.02. The second-order valence-electron chi connectivity index (χ2n) is 5.77. The van der Waals surface area contributed by atoms with Crippen LogP contribution in [0, 0.1) is 5.92 Å². The summed E-state index contributed by atoms with van der Waals surface area (Å²) in [5, 5.41) is 13.1. The van der Waals surface area contributed by atoms with Gasteiger partial charge in [-0.2, -0.15) is 5.10 Å². The fourth-order valence-electron chi connectivity index (χ4n) is 2.72. The van der Waals surface area contributed by atoms with Gasteiger partial charge in [-0.1, -0.05) is 24.3 Å². The Morgan fingerprint density at radius 2 is 2.14 bits per heavy atom. The van der Waals surface area contributed by atoms with Gasteiger partial charge >= 0.3 is 5.97 Å². The lowest BCUT2D eigenvalue weighted by Gasteiger charge is -2.06. The molecule has 1 saturated heterocycles. The van der Waals surface area contributed by atoms with Crippen LogP contribution < -0.4 is 0 Å². The first-order chi connectivity index (χ1) is 10.7. The number of hydrogen-bond donors (Lipinski definition) is 1. The minimum absolute atomic E-state index is 0.167. The van der Waals surface area contributed by atoms with E-state index in [4.69, 9.17) is 9.84 Å². The summed E-state index contributed by atoms with van der Waals surface area (Å²) < 4.78 is 7.37. The summed E-state index contributed by atoms with van der Waals surface area (Å²) >= 11 is 0. The Morgan fingerprint density at radius 1 is 1.32 bits per heavy atom. The number of nitrogens with zero attached hydrogens (tertiary/aromatic N) is 2. The average molecular weight is 300 g/mol. The quantitative estimate of drug-likeness (QED) is 0.890. The van der Waals surface area contributed by atoms with Crippen LogP contribution in [0.15, 0.2) is 36.7 Å². The first-order valence-corrected chi connectivity index (χ1v) is 7.62. The van der Waals surface area contributed by atoms with Crippen molar-refractivity contribution in [3.63, 3.8) is 0 Å². The van der Waals surface area contributed by atoms with Crippen molar-refractivity contribution in [2.24, 2.45) is 5.92 Å². The van der Waals surface area contributed by atoms with Crippen LogP contribution in [0.3, 0.4) is 0 Å². The van der Waals surface area contributed by atoms with Crippen LogP contribution in [0.4, 0.5) is 0 Å². The van der Waals surface area contributed by atoms with Gasteiger partial charge in [-0.25, -0.2) is 0 Å². The molecule has 0 amide bonds. The molecule has 0 bridgehead atoms. The molecule has 1 aromatic carbocycles. The van der Waals surface area contributed by atoms with Crippen molar-refractivity contribution in [2.75, 3.05) is 13.2 Å². The first kappa shape index (κ1) is 14.8. The Labute approximate surface area is 129 Å². The molecule has 1 atom stereocenters. The summed E-state index contributed by atoms with van der Waals surface area (Å²) in [5.74, 6) is -0.201. The van der Waals surface area contributed by atoms with Crippen LogP contribution in [0.2, 0.25) is 0 Å². The highest BCUT2D eigenvalue weighted by atomic mass is 16.5. The van der Waals surface area contributed by atoms with Gasteiger partial charge in [-0.05, 0) is 24.0 Å². The highest BCUT2D eigenvalue weighted by Crippen LogP contribution is 2.21. The van der Waals surface area contributed by atoms with Gasteiger partial charge in [0, 0.05) is 37.3 Å². The van der Waals surface area contributed by atoms with Crippen molar-refractivity contribution in [3.8, 4) is 11.1 Å². The van der Waals surface area contributed by atoms with E-state index in [-0.39, 0.29) is 6.42 Å². The minimum Gasteiger partial charge on any atom is -0.481 e. The number of aliphatic carboxylic acids is 1. The molecule has 0 radical (unpaired) electrons. The SMILES string of the molecule is O=C(O)CCc1ccc(-c2cnn(CC3CCOC3)c2)cc1. The third kappa shape index (κ3) is 3.74. The van der Waals surface area contributed by atoms with Crippen molar-refractivity contribution in [1.82, 2.24) is 9.78 Å². The second-order valence-corrected chi connectivity index (χ2v) is 5.77. The maximum Gasteiger partial charge on any atom is 0.303 e. The average Bonchev–Trinajstić information content (AvgIpc) is 3.18. The van der Waals surface area contributed by atoms with Crippen molar-refractivity contribution >= 4 is 5.97 Å². The number of rotatable bonds is 6. The Bertz CT molecular complexity index is 628. The van der Waals surface area contributed by atoms with E-state index in [9.17, 15) is 4.79 Å². The number of ether oxygens (including phenoxy) is 1. The molecular weight excluding hydrogens is 280 g/mol. The van der Waals surface area contributed by atoms with Gasteiger partial charge in [0.15, 0.2) is 0 Å². The van der Waals surface area contributed by atoms with Crippen LogP contribution in [0.5, 0.6) is 0 Å². The number of carboxylic acid groups (broad SMARTS) is 1. The van der Waals surface area contributed by atoms with Gasteiger partial charge in [0.25, 0.3) is 0 Å². The third-order valence-electron chi connectivity index (χ3n) is 4.02. The Hall–Kier alpha value is -2.14. The zero-order valence-corrected chi connectivity index (χ0v) is 12.4. The van der Waals surface area contributed by atoms with E-state index < -0.39 is 5.97 Å². The monoisotopic (exact) mass is 300 g/mol.